The lowest BCUT2D eigenvalue weighted by Gasteiger charge is -2.00. The van der Waals surface area contributed by atoms with Gasteiger partial charge >= 0.3 is 0 Å². The zero-order valence-electron chi connectivity index (χ0n) is 6.36. The van der Waals surface area contributed by atoms with Gasteiger partial charge in [-0.15, -0.1) is 0 Å². The Balaban J connectivity index is 2.63. The van der Waals surface area contributed by atoms with Crippen molar-refractivity contribution in [2.75, 3.05) is 0 Å². The van der Waals surface area contributed by atoms with Gasteiger partial charge in [0.25, 0.3) is 5.24 Å². The van der Waals surface area contributed by atoms with Gasteiger partial charge in [-0.05, 0) is 6.07 Å². The van der Waals surface area contributed by atoms with Crippen molar-refractivity contribution in [3.8, 4) is 5.75 Å². The molecule has 0 aliphatic heterocycles. The number of thioether (sulfide) groups is 1. The van der Waals surface area contributed by atoms with Gasteiger partial charge in [0.15, 0.2) is 0 Å². The molecule has 0 aliphatic carbocycles. The van der Waals surface area contributed by atoms with E-state index in [-0.39, 0.29) is 5.75 Å². The van der Waals surface area contributed by atoms with Gasteiger partial charge in [0.1, 0.15) is 5.75 Å². The molecule has 12 heavy (non-hydrogen) atoms. The summed E-state index contributed by atoms with van der Waals surface area (Å²) in [5.74, 6) is 0.619. The van der Waals surface area contributed by atoms with Crippen LogP contribution in [0.4, 0.5) is 4.79 Å². The molecule has 0 atom stereocenters. The molecule has 1 aromatic carbocycles. The molecule has 64 valence electrons. The van der Waals surface area contributed by atoms with Crippen molar-refractivity contribution in [2.24, 2.45) is 5.73 Å². The van der Waals surface area contributed by atoms with E-state index in [2.05, 4.69) is 0 Å². The Morgan fingerprint density at radius 3 is 2.75 bits per heavy atom. The predicted molar refractivity (Wildman–Crippen MR) is 49.0 cm³/mol. The first-order valence-corrected chi connectivity index (χ1v) is 4.38. The first-order valence-electron chi connectivity index (χ1n) is 3.39. The lowest BCUT2D eigenvalue weighted by molar-refractivity contribution is 0.267. The fraction of sp³-hybridized carbons (Fsp3) is 0.125. The first-order chi connectivity index (χ1) is 5.70. The van der Waals surface area contributed by atoms with E-state index >= 15 is 0 Å². The second-order valence-electron chi connectivity index (χ2n) is 2.24. The van der Waals surface area contributed by atoms with Crippen LogP contribution in [0.1, 0.15) is 5.56 Å². The summed E-state index contributed by atoms with van der Waals surface area (Å²) in [5, 5.41) is 8.83. The van der Waals surface area contributed by atoms with Crippen molar-refractivity contribution in [1.29, 1.82) is 0 Å². The highest BCUT2D eigenvalue weighted by atomic mass is 32.2. The van der Waals surface area contributed by atoms with Crippen molar-refractivity contribution in [1.82, 2.24) is 0 Å². The van der Waals surface area contributed by atoms with Crippen LogP contribution in [0.3, 0.4) is 0 Å². The van der Waals surface area contributed by atoms with E-state index in [0.717, 1.165) is 17.3 Å². The van der Waals surface area contributed by atoms with Crippen molar-refractivity contribution < 1.29 is 9.90 Å². The van der Waals surface area contributed by atoms with Gasteiger partial charge in [0.05, 0.1) is 0 Å². The smallest absolute Gasteiger partial charge is 0.276 e. The minimum Gasteiger partial charge on any atom is -0.508 e. The van der Waals surface area contributed by atoms with Gasteiger partial charge in [-0.25, -0.2) is 0 Å². The van der Waals surface area contributed by atoms with Gasteiger partial charge in [0.2, 0.25) is 0 Å². The number of aromatic hydroxyl groups is 1. The highest BCUT2D eigenvalue weighted by Gasteiger charge is 2.01. The number of benzene rings is 1. The Labute approximate surface area is 74.6 Å². The van der Waals surface area contributed by atoms with Gasteiger partial charge in [-0.1, -0.05) is 30.0 Å². The van der Waals surface area contributed by atoms with Crippen LogP contribution in [0, 0.1) is 0 Å². The normalized spacial score (nSPS) is 9.67. The molecule has 1 aromatic rings. The SMILES string of the molecule is NC(=O)SCc1ccccc1O. The molecular formula is C8H9NO2S. The highest BCUT2D eigenvalue weighted by molar-refractivity contribution is 8.12. The zero-order chi connectivity index (χ0) is 8.97. The number of hydrogen-bond acceptors (Lipinski definition) is 3. The minimum absolute atomic E-state index is 0.200. The Morgan fingerprint density at radius 2 is 2.17 bits per heavy atom. The van der Waals surface area contributed by atoms with Crippen molar-refractivity contribution in [2.45, 2.75) is 5.75 Å². The van der Waals surface area contributed by atoms with E-state index in [1.807, 2.05) is 0 Å². The third-order valence-electron chi connectivity index (χ3n) is 1.36. The molecule has 0 unspecified atom stereocenters. The van der Waals surface area contributed by atoms with Crippen molar-refractivity contribution in [3.63, 3.8) is 0 Å². The molecule has 0 aliphatic rings. The fourth-order valence-electron chi connectivity index (χ4n) is 0.782. The van der Waals surface area contributed by atoms with E-state index < -0.39 is 5.24 Å². The maximum Gasteiger partial charge on any atom is 0.276 e. The number of phenolic OH excluding ortho intramolecular Hbond substituents is 1. The highest BCUT2D eigenvalue weighted by Crippen LogP contribution is 2.20. The van der Waals surface area contributed by atoms with Crippen molar-refractivity contribution in [3.05, 3.63) is 29.8 Å². The topological polar surface area (TPSA) is 63.3 Å². The molecule has 0 fully saturated rings. The molecule has 1 rings (SSSR count). The maximum atomic E-state index is 10.4. The van der Waals surface area contributed by atoms with Crippen molar-refractivity contribution >= 4 is 17.0 Å². The molecule has 0 heterocycles. The number of phenols is 1. The minimum atomic E-state index is -0.432. The molecule has 0 saturated heterocycles. The van der Waals surface area contributed by atoms with E-state index in [0.29, 0.717) is 5.75 Å². The molecule has 4 heteroatoms. The summed E-state index contributed by atoms with van der Waals surface area (Å²) in [6.45, 7) is 0. The van der Waals surface area contributed by atoms with Crippen LogP contribution in [0.5, 0.6) is 5.75 Å². The molecule has 1 amide bonds. The predicted octanol–water partition coefficient (Wildman–Crippen LogP) is 1.70. The summed E-state index contributed by atoms with van der Waals surface area (Å²) >= 11 is 0.977. The van der Waals surface area contributed by atoms with E-state index in [4.69, 9.17) is 5.73 Å². The molecule has 0 saturated carbocycles. The number of nitrogens with two attached hydrogens (primary N) is 1. The Morgan fingerprint density at radius 1 is 1.50 bits per heavy atom. The number of carbonyl (C=O) groups is 1. The lowest BCUT2D eigenvalue weighted by Crippen LogP contribution is -2.02. The van der Waals surface area contributed by atoms with Crippen LogP contribution >= 0.6 is 11.8 Å². The summed E-state index contributed by atoms with van der Waals surface area (Å²) in [6, 6.07) is 6.87. The van der Waals surface area contributed by atoms with Gasteiger partial charge in [-0.3, -0.25) is 4.79 Å². The number of rotatable bonds is 2. The van der Waals surface area contributed by atoms with Gasteiger partial charge in [-0.2, -0.15) is 0 Å². The monoisotopic (exact) mass is 183 g/mol. The maximum absolute atomic E-state index is 10.4. The molecule has 0 aromatic heterocycles. The summed E-state index contributed by atoms with van der Waals surface area (Å²) in [7, 11) is 0. The largest absolute Gasteiger partial charge is 0.508 e. The summed E-state index contributed by atoms with van der Waals surface area (Å²) in [6.07, 6.45) is 0. The Kier molecular flexibility index (Phi) is 2.99. The second-order valence-corrected chi connectivity index (χ2v) is 3.22. The summed E-state index contributed by atoms with van der Waals surface area (Å²) < 4.78 is 0. The second kappa shape index (κ2) is 4.01. The molecule has 0 bridgehead atoms. The molecule has 0 radical (unpaired) electrons. The van der Waals surface area contributed by atoms with Crippen LogP contribution in [-0.2, 0) is 5.75 Å². The van der Waals surface area contributed by atoms with Crippen LogP contribution in [-0.4, -0.2) is 10.3 Å². The van der Waals surface area contributed by atoms with E-state index in [9.17, 15) is 9.90 Å². The number of hydrogen-bond donors (Lipinski definition) is 2. The standard InChI is InChI=1S/C8H9NO2S/c9-8(11)12-5-6-3-1-2-4-7(6)10/h1-4,10H,5H2,(H2,9,11). The van der Waals surface area contributed by atoms with Crippen LogP contribution in [0.25, 0.3) is 0 Å². The number of para-hydroxylation sites is 1. The van der Waals surface area contributed by atoms with Crippen LogP contribution in [0.2, 0.25) is 0 Å². The molecule has 3 nitrogen and oxygen atoms in total. The Hall–Kier alpha value is -1.16. The van der Waals surface area contributed by atoms with E-state index in [1.165, 1.54) is 0 Å². The zero-order valence-corrected chi connectivity index (χ0v) is 7.17. The average Bonchev–Trinajstić information content (AvgIpc) is 2.03. The summed E-state index contributed by atoms with van der Waals surface area (Å²) in [4.78, 5) is 10.4. The molecule has 0 spiro atoms. The van der Waals surface area contributed by atoms with E-state index in [1.54, 1.807) is 24.3 Å². The third-order valence-corrected chi connectivity index (χ3v) is 2.10. The molecular weight excluding hydrogens is 174 g/mol. The third kappa shape index (κ3) is 2.47. The Bertz CT molecular complexity index is 288. The molecule has 3 N–H and O–H groups in total. The van der Waals surface area contributed by atoms with Gasteiger partial charge in [0, 0.05) is 11.3 Å². The first kappa shape index (κ1) is 8.93. The fourth-order valence-corrected chi connectivity index (χ4v) is 1.32. The number of carbonyl (C=O) groups excluding carboxylic acids is 1. The van der Waals surface area contributed by atoms with Crippen LogP contribution in [0.15, 0.2) is 24.3 Å². The average molecular weight is 183 g/mol. The lowest BCUT2D eigenvalue weighted by atomic mass is 10.2. The van der Waals surface area contributed by atoms with Crippen LogP contribution < -0.4 is 5.73 Å². The quantitative estimate of drug-likeness (QED) is 0.733. The number of primary amides is 1. The number of amides is 1. The van der Waals surface area contributed by atoms with Gasteiger partial charge < -0.3 is 10.8 Å². The summed E-state index contributed by atoms with van der Waals surface area (Å²) in [5.41, 5.74) is 5.66.